The lowest BCUT2D eigenvalue weighted by Gasteiger charge is -2.35. The number of aromatic nitrogens is 2. The molecule has 0 amide bonds. The van der Waals surface area contributed by atoms with E-state index in [4.69, 9.17) is 0 Å². The van der Waals surface area contributed by atoms with Crippen molar-refractivity contribution in [3.8, 4) is 0 Å². The zero-order valence-corrected chi connectivity index (χ0v) is 12.5. The van der Waals surface area contributed by atoms with Crippen LogP contribution in [0.5, 0.6) is 0 Å². The summed E-state index contributed by atoms with van der Waals surface area (Å²) in [5, 5.41) is 5.31. The Hall–Kier alpha value is -0.480. The van der Waals surface area contributed by atoms with Gasteiger partial charge in [-0.2, -0.15) is 0 Å². The monoisotopic (exact) mass is 267 g/mol. The van der Waals surface area contributed by atoms with Crippen molar-refractivity contribution in [2.24, 2.45) is 13.0 Å². The van der Waals surface area contributed by atoms with Gasteiger partial charge in [0, 0.05) is 30.7 Å². The molecule has 3 nitrogen and oxygen atoms in total. The molecule has 1 saturated carbocycles. The number of nitrogens with one attached hydrogen (secondary N) is 1. The molecule has 0 saturated heterocycles. The van der Waals surface area contributed by atoms with E-state index in [1.54, 1.807) is 0 Å². The molecule has 18 heavy (non-hydrogen) atoms. The van der Waals surface area contributed by atoms with Gasteiger partial charge in [-0.3, -0.25) is 0 Å². The highest BCUT2D eigenvalue weighted by Crippen LogP contribution is 2.37. The number of imidazole rings is 1. The third-order valence-electron chi connectivity index (χ3n) is 4.00. The van der Waals surface area contributed by atoms with Gasteiger partial charge < -0.3 is 9.88 Å². The Labute approximate surface area is 115 Å². The molecule has 1 aromatic heterocycles. The second-order valence-electron chi connectivity index (χ2n) is 5.34. The Morgan fingerprint density at radius 1 is 1.50 bits per heavy atom. The fourth-order valence-corrected chi connectivity index (χ4v) is 4.37. The minimum atomic E-state index is 0.639. The highest BCUT2D eigenvalue weighted by molar-refractivity contribution is 7.99. The van der Waals surface area contributed by atoms with E-state index in [0.29, 0.717) is 11.3 Å². The van der Waals surface area contributed by atoms with Crippen LogP contribution in [0, 0.1) is 5.92 Å². The molecular weight excluding hydrogens is 242 g/mol. The minimum absolute atomic E-state index is 0.639. The van der Waals surface area contributed by atoms with Gasteiger partial charge in [-0.05, 0) is 32.2 Å². The largest absolute Gasteiger partial charge is 0.329 e. The lowest BCUT2D eigenvalue weighted by Crippen LogP contribution is -2.40. The van der Waals surface area contributed by atoms with Crippen LogP contribution < -0.4 is 5.32 Å². The predicted molar refractivity (Wildman–Crippen MR) is 77.9 cm³/mol. The average Bonchev–Trinajstić information content (AvgIpc) is 2.76. The smallest absolute Gasteiger partial charge is 0.167 e. The maximum atomic E-state index is 4.45. The van der Waals surface area contributed by atoms with Gasteiger partial charge in [-0.1, -0.05) is 31.5 Å². The Balaban J connectivity index is 2.00. The van der Waals surface area contributed by atoms with E-state index >= 15 is 0 Å². The molecule has 0 bridgehead atoms. The van der Waals surface area contributed by atoms with Gasteiger partial charge in [-0.15, -0.1) is 0 Å². The summed E-state index contributed by atoms with van der Waals surface area (Å²) in [7, 11) is 4.17. The van der Waals surface area contributed by atoms with E-state index in [1.165, 1.54) is 32.1 Å². The number of nitrogens with zero attached hydrogens (tertiary/aromatic N) is 2. The first-order valence-electron chi connectivity index (χ1n) is 7.05. The van der Waals surface area contributed by atoms with Crippen molar-refractivity contribution in [2.75, 3.05) is 7.05 Å². The van der Waals surface area contributed by atoms with Crippen LogP contribution in [-0.2, 0) is 7.05 Å². The van der Waals surface area contributed by atoms with Crippen molar-refractivity contribution in [3.63, 3.8) is 0 Å². The zero-order chi connectivity index (χ0) is 13.0. The fourth-order valence-electron chi connectivity index (χ4n) is 2.94. The topological polar surface area (TPSA) is 29.9 Å². The first-order valence-corrected chi connectivity index (χ1v) is 7.93. The SMILES string of the molecule is CCCC1CCC(NC)C(Sc2nccn2C)C1. The van der Waals surface area contributed by atoms with Crippen molar-refractivity contribution in [2.45, 2.75) is 55.5 Å². The van der Waals surface area contributed by atoms with Gasteiger partial charge in [0.25, 0.3) is 0 Å². The van der Waals surface area contributed by atoms with E-state index in [2.05, 4.69) is 35.9 Å². The van der Waals surface area contributed by atoms with Gasteiger partial charge in [-0.25, -0.2) is 4.98 Å². The molecule has 1 aromatic rings. The first kappa shape index (κ1) is 13.9. The highest BCUT2D eigenvalue weighted by Gasteiger charge is 2.30. The number of rotatable bonds is 5. The van der Waals surface area contributed by atoms with E-state index < -0.39 is 0 Å². The Bertz CT molecular complexity index is 364. The molecule has 3 unspecified atom stereocenters. The summed E-state index contributed by atoms with van der Waals surface area (Å²) in [6, 6.07) is 0.639. The molecule has 0 radical (unpaired) electrons. The molecule has 2 rings (SSSR count). The summed E-state index contributed by atoms with van der Waals surface area (Å²) in [6.07, 6.45) is 10.6. The van der Waals surface area contributed by atoms with Gasteiger partial charge in [0.1, 0.15) is 0 Å². The van der Waals surface area contributed by atoms with Crippen molar-refractivity contribution in [1.29, 1.82) is 0 Å². The molecule has 1 aliphatic rings. The van der Waals surface area contributed by atoms with Crippen molar-refractivity contribution in [1.82, 2.24) is 14.9 Å². The second-order valence-corrected chi connectivity index (χ2v) is 6.55. The Morgan fingerprint density at radius 3 is 2.94 bits per heavy atom. The molecule has 1 aliphatic carbocycles. The molecule has 1 fully saturated rings. The van der Waals surface area contributed by atoms with Crippen LogP contribution in [0.25, 0.3) is 0 Å². The summed E-state index contributed by atoms with van der Waals surface area (Å²) in [5.74, 6) is 0.914. The summed E-state index contributed by atoms with van der Waals surface area (Å²) in [5.41, 5.74) is 0. The minimum Gasteiger partial charge on any atom is -0.329 e. The van der Waals surface area contributed by atoms with E-state index in [0.717, 1.165) is 11.1 Å². The summed E-state index contributed by atoms with van der Waals surface area (Å²) in [4.78, 5) is 4.45. The van der Waals surface area contributed by atoms with Crippen LogP contribution >= 0.6 is 11.8 Å². The molecule has 0 aromatic carbocycles. The van der Waals surface area contributed by atoms with Crippen LogP contribution in [0.4, 0.5) is 0 Å². The highest BCUT2D eigenvalue weighted by atomic mass is 32.2. The molecule has 3 atom stereocenters. The standard InChI is InChI=1S/C14H25N3S/c1-4-5-11-6-7-12(15-2)13(10-11)18-14-16-8-9-17(14)3/h8-9,11-13,15H,4-7,10H2,1-3H3. The fraction of sp³-hybridized carbons (Fsp3) is 0.786. The van der Waals surface area contributed by atoms with Crippen molar-refractivity contribution >= 4 is 11.8 Å². The average molecular weight is 267 g/mol. The van der Waals surface area contributed by atoms with E-state index in [9.17, 15) is 0 Å². The van der Waals surface area contributed by atoms with Crippen LogP contribution in [-0.4, -0.2) is 27.9 Å². The number of hydrogen-bond donors (Lipinski definition) is 1. The van der Waals surface area contributed by atoms with Crippen molar-refractivity contribution in [3.05, 3.63) is 12.4 Å². The summed E-state index contributed by atoms with van der Waals surface area (Å²) in [6.45, 7) is 2.30. The molecular formula is C14H25N3S. The molecule has 0 spiro atoms. The van der Waals surface area contributed by atoms with E-state index in [1.807, 2.05) is 24.2 Å². The van der Waals surface area contributed by atoms with E-state index in [-0.39, 0.29) is 0 Å². The zero-order valence-electron chi connectivity index (χ0n) is 11.7. The van der Waals surface area contributed by atoms with Gasteiger partial charge in [0.05, 0.1) is 0 Å². The molecule has 0 aliphatic heterocycles. The van der Waals surface area contributed by atoms with Crippen LogP contribution in [0.15, 0.2) is 17.6 Å². The maximum absolute atomic E-state index is 4.45. The summed E-state index contributed by atoms with van der Waals surface area (Å²) >= 11 is 1.95. The van der Waals surface area contributed by atoms with Gasteiger partial charge in [0.2, 0.25) is 0 Å². The lowest BCUT2D eigenvalue weighted by atomic mass is 9.83. The Morgan fingerprint density at radius 2 is 2.33 bits per heavy atom. The van der Waals surface area contributed by atoms with Crippen LogP contribution in [0.3, 0.4) is 0 Å². The predicted octanol–water partition coefficient (Wildman–Crippen LogP) is 3.07. The number of hydrogen-bond acceptors (Lipinski definition) is 3. The molecule has 1 N–H and O–H groups in total. The molecule has 4 heteroatoms. The number of aryl methyl sites for hydroxylation is 1. The van der Waals surface area contributed by atoms with Crippen LogP contribution in [0.1, 0.15) is 39.0 Å². The first-order chi connectivity index (χ1) is 8.74. The summed E-state index contributed by atoms with van der Waals surface area (Å²) < 4.78 is 2.13. The maximum Gasteiger partial charge on any atom is 0.167 e. The normalized spacial score (nSPS) is 28.5. The third kappa shape index (κ3) is 3.29. The quantitative estimate of drug-likeness (QED) is 0.889. The van der Waals surface area contributed by atoms with Gasteiger partial charge >= 0.3 is 0 Å². The molecule has 102 valence electrons. The third-order valence-corrected chi connectivity index (χ3v) is 5.43. The number of thioether (sulfide) groups is 1. The van der Waals surface area contributed by atoms with Crippen LogP contribution in [0.2, 0.25) is 0 Å². The van der Waals surface area contributed by atoms with Crippen molar-refractivity contribution < 1.29 is 0 Å². The lowest BCUT2D eigenvalue weighted by molar-refractivity contribution is 0.295. The molecule has 1 heterocycles. The van der Waals surface area contributed by atoms with Gasteiger partial charge in [0.15, 0.2) is 5.16 Å². The second kappa shape index (κ2) is 6.62. The Kier molecular flexibility index (Phi) is 5.13.